The molecule has 0 saturated heterocycles. The standard InChI is InChI=1S/C21H26N4O3/c1-5-22-21(27)24(4)13-20(26)25-18(19-7-6-10-28-19)12-17(23-25)16-9-8-14(2)15(3)11-16/h6-11,18H,5,12-13H2,1-4H3,(H,22,27)/t18-/m0/s1. The van der Waals surface area contributed by atoms with E-state index in [1.807, 2.05) is 19.1 Å². The maximum atomic E-state index is 12.9. The van der Waals surface area contributed by atoms with Gasteiger partial charge in [0, 0.05) is 20.0 Å². The summed E-state index contributed by atoms with van der Waals surface area (Å²) in [4.78, 5) is 26.2. The molecule has 0 radical (unpaired) electrons. The van der Waals surface area contributed by atoms with E-state index < -0.39 is 0 Å². The summed E-state index contributed by atoms with van der Waals surface area (Å²) in [5.41, 5.74) is 4.21. The van der Waals surface area contributed by atoms with Gasteiger partial charge >= 0.3 is 6.03 Å². The van der Waals surface area contributed by atoms with E-state index in [2.05, 4.69) is 36.4 Å². The third kappa shape index (κ3) is 4.08. The Kier molecular flexibility index (Phi) is 5.82. The molecule has 0 bridgehead atoms. The highest BCUT2D eigenvalue weighted by atomic mass is 16.3. The molecule has 28 heavy (non-hydrogen) atoms. The zero-order chi connectivity index (χ0) is 20.3. The third-order valence-corrected chi connectivity index (χ3v) is 4.92. The number of amides is 3. The normalized spacial score (nSPS) is 16.1. The van der Waals surface area contributed by atoms with E-state index in [1.54, 1.807) is 19.4 Å². The lowest BCUT2D eigenvalue weighted by Crippen LogP contribution is -2.43. The summed E-state index contributed by atoms with van der Waals surface area (Å²) in [6.45, 7) is 6.40. The van der Waals surface area contributed by atoms with Gasteiger partial charge in [-0.3, -0.25) is 4.79 Å². The third-order valence-electron chi connectivity index (χ3n) is 4.92. The van der Waals surface area contributed by atoms with Crippen LogP contribution in [0.15, 0.2) is 46.1 Å². The summed E-state index contributed by atoms with van der Waals surface area (Å²) in [5, 5.41) is 8.74. The van der Waals surface area contributed by atoms with Crippen molar-refractivity contribution in [1.29, 1.82) is 0 Å². The fourth-order valence-corrected chi connectivity index (χ4v) is 3.17. The van der Waals surface area contributed by atoms with Crippen molar-refractivity contribution in [2.24, 2.45) is 5.10 Å². The van der Waals surface area contributed by atoms with Crippen LogP contribution < -0.4 is 5.32 Å². The first kappa shape index (κ1) is 19.7. The first-order valence-corrected chi connectivity index (χ1v) is 9.40. The minimum absolute atomic E-state index is 0.0628. The lowest BCUT2D eigenvalue weighted by molar-refractivity contribution is -0.133. The molecule has 148 valence electrons. The molecule has 0 saturated carbocycles. The van der Waals surface area contributed by atoms with Gasteiger partial charge in [0.25, 0.3) is 5.91 Å². The van der Waals surface area contributed by atoms with E-state index in [4.69, 9.17) is 4.42 Å². The number of carbonyl (C=O) groups excluding carboxylic acids is 2. The Hall–Kier alpha value is -3.09. The quantitative estimate of drug-likeness (QED) is 0.862. The summed E-state index contributed by atoms with van der Waals surface area (Å²) in [5.74, 6) is 0.422. The number of furan rings is 1. The van der Waals surface area contributed by atoms with Crippen molar-refractivity contribution < 1.29 is 14.0 Å². The first-order valence-electron chi connectivity index (χ1n) is 9.40. The molecule has 3 rings (SSSR count). The Balaban J connectivity index is 1.85. The Labute approximate surface area is 165 Å². The number of hydrogen-bond donors (Lipinski definition) is 1. The van der Waals surface area contributed by atoms with E-state index in [-0.39, 0.29) is 24.5 Å². The maximum absolute atomic E-state index is 12.9. The van der Waals surface area contributed by atoms with Gasteiger partial charge in [0.05, 0.1) is 12.0 Å². The maximum Gasteiger partial charge on any atom is 0.317 e. The molecule has 1 atom stereocenters. The van der Waals surface area contributed by atoms with Crippen LogP contribution in [0.4, 0.5) is 4.79 Å². The van der Waals surface area contributed by atoms with Crippen LogP contribution in [0.3, 0.4) is 0 Å². The lowest BCUT2D eigenvalue weighted by Gasteiger charge is -2.23. The number of benzene rings is 1. The topological polar surface area (TPSA) is 78.2 Å². The Morgan fingerprint density at radius 3 is 2.71 bits per heavy atom. The number of urea groups is 1. The molecule has 7 nitrogen and oxygen atoms in total. The van der Waals surface area contributed by atoms with E-state index in [0.29, 0.717) is 18.7 Å². The van der Waals surface area contributed by atoms with Crippen LogP contribution >= 0.6 is 0 Å². The van der Waals surface area contributed by atoms with Crippen LogP contribution in [0.25, 0.3) is 0 Å². The summed E-state index contributed by atoms with van der Waals surface area (Å²) >= 11 is 0. The largest absolute Gasteiger partial charge is 0.467 e. The number of likely N-dealkylation sites (N-methyl/N-ethyl adjacent to an activating group) is 1. The second-order valence-corrected chi connectivity index (χ2v) is 7.01. The van der Waals surface area contributed by atoms with E-state index in [1.165, 1.54) is 21.0 Å². The van der Waals surface area contributed by atoms with Crippen LogP contribution in [0.5, 0.6) is 0 Å². The molecule has 3 amide bonds. The molecule has 0 unspecified atom stereocenters. The number of hydrogen-bond acceptors (Lipinski definition) is 4. The van der Waals surface area contributed by atoms with Crippen LogP contribution in [0.2, 0.25) is 0 Å². The zero-order valence-corrected chi connectivity index (χ0v) is 16.7. The van der Waals surface area contributed by atoms with Gasteiger partial charge in [0.1, 0.15) is 18.3 Å². The van der Waals surface area contributed by atoms with E-state index in [9.17, 15) is 9.59 Å². The van der Waals surface area contributed by atoms with Crippen LogP contribution in [0.1, 0.15) is 41.8 Å². The Bertz CT molecular complexity index is 889. The van der Waals surface area contributed by atoms with Crippen molar-refractivity contribution in [2.75, 3.05) is 20.1 Å². The lowest BCUT2D eigenvalue weighted by atomic mass is 9.99. The minimum Gasteiger partial charge on any atom is -0.467 e. The number of aryl methyl sites for hydroxylation is 2. The van der Waals surface area contributed by atoms with Crippen LogP contribution in [-0.2, 0) is 4.79 Å². The average Bonchev–Trinajstić information content (AvgIpc) is 3.33. The molecule has 0 spiro atoms. The van der Waals surface area contributed by atoms with Crippen LogP contribution in [-0.4, -0.2) is 47.7 Å². The molecule has 7 heteroatoms. The van der Waals surface area contributed by atoms with Gasteiger partial charge in [-0.2, -0.15) is 5.10 Å². The monoisotopic (exact) mass is 382 g/mol. The van der Waals surface area contributed by atoms with Crippen molar-refractivity contribution >= 4 is 17.6 Å². The van der Waals surface area contributed by atoms with E-state index in [0.717, 1.165) is 11.3 Å². The van der Waals surface area contributed by atoms with Gasteiger partial charge < -0.3 is 14.6 Å². The van der Waals surface area contributed by atoms with Gasteiger partial charge in [-0.1, -0.05) is 12.1 Å². The molecule has 1 aromatic carbocycles. The number of rotatable bonds is 5. The average molecular weight is 382 g/mol. The molecule has 1 aliphatic rings. The number of nitrogens with zero attached hydrogens (tertiary/aromatic N) is 3. The minimum atomic E-state index is -0.318. The molecule has 2 heterocycles. The molecule has 1 aromatic heterocycles. The van der Waals surface area contributed by atoms with Crippen molar-refractivity contribution in [1.82, 2.24) is 15.2 Å². The highest BCUT2D eigenvalue weighted by Crippen LogP contribution is 2.33. The number of carbonyl (C=O) groups is 2. The van der Waals surface area contributed by atoms with Gasteiger partial charge in [-0.15, -0.1) is 0 Å². The molecule has 1 N–H and O–H groups in total. The summed E-state index contributed by atoms with van der Waals surface area (Å²) in [6.07, 6.45) is 2.15. The zero-order valence-electron chi connectivity index (χ0n) is 16.7. The number of hydrazone groups is 1. The Morgan fingerprint density at radius 2 is 2.07 bits per heavy atom. The van der Waals surface area contributed by atoms with Gasteiger partial charge in [-0.25, -0.2) is 9.80 Å². The highest BCUT2D eigenvalue weighted by molar-refractivity contribution is 6.03. The summed E-state index contributed by atoms with van der Waals surface area (Å²) in [7, 11) is 1.59. The molecule has 0 aliphatic carbocycles. The number of nitrogens with one attached hydrogen (secondary N) is 1. The SMILES string of the molecule is CCNC(=O)N(C)CC(=O)N1N=C(c2ccc(C)c(C)c2)C[C@H]1c1ccco1. The first-order chi connectivity index (χ1) is 13.4. The van der Waals surface area contributed by atoms with E-state index >= 15 is 0 Å². The predicted octanol–water partition coefficient (Wildman–Crippen LogP) is 3.24. The van der Waals surface area contributed by atoms with Gasteiger partial charge in [-0.05, 0) is 55.7 Å². The second kappa shape index (κ2) is 8.29. The van der Waals surface area contributed by atoms with Crippen molar-refractivity contribution in [2.45, 2.75) is 33.2 Å². The molecule has 0 fully saturated rings. The predicted molar refractivity (Wildman–Crippen MR) is 107 cm³/mol. The van der Waals surface area contributed by atoms with Crippen molar-refractivity contribution in [3.63, 3.8) is 0 Å². The van der Waals surface area contributed by atoms with Crippen molar-refractivity contribution in [3.05, 3.63) is 59.0 Å². The fourth-order valence-electron chi connectivity index (χ4n) is 3.17. The summed E-state index contributed by atoms with van der Waals surface area (Å²) in [6, 6.07) is 9.20. The van der Waals surface area contributed by atoms with Gasteiger partial charge in [0.2, 0.25) is 0 Å². The Morgan fingerprint density at radius 1 is 1.29 bits per heavy atom. The fraction of sp³-hybridized carbons (Fsp3) is 0.381. The van der Waals surface area contributed by atoms with Gasteiger partial charge in [0.15, 0.2) is 0 Å². The van der Waals surface area contributed by atoms with Crippen LogP contribution in [0, 0.1) is 13.8 Å². The summed E-state index contributed by atoms with van der Waals surface area (Å²) < 4.78 is 5.56. The molecule has 2 aromatic rings. The second-order valence-electron chi connectivity index (χ2n) is 7.01. The van der Waals surface area contributed by atoms with Crippen molar-refractivity contribution in [3.8, 4) is 0 Å². The smallest absolute Gasteiger partial charge is 0.317 e. The molecule has 1 aliphatic heterocycles. The molecular formula is C21H26N4O3. The highest BCUT2D eigenvalue weighted by Gasteiger charge is 2.35. The molecular weight excluding hydrogens is 356 g/mol.